The van der Waals surface area contributed by atoms with Crippen molar-refractivity contribution < 1.29 is 9.47 Å². The van der Waals surface area contributed by atoms with Gasteiger partial charge in [-0.15, -0.1) is 0 Å². The summed E-state index contributed by atoms with van der Waals surface area (Å²) in [6.45, 7) is 2.13. The van der Waals surface area contributed by atoms with Crippen molar-refractivity contribution in [2.24, 2.45) is 0 Å². The lowest BCUT2D eigenvalue weighted by molar-refractivity contribution is 0.411. The molecule has 2 nitrogen and oxygen atoms in total. The van der Waals surface area contributed by atoms with Gasteiger partial charge in [0.2, 0.25) is 0 Å². The molecule has 0 bridgehead atoms. The molecule has 0 saturated carbocycles. The van der Waals surface area contributed by atoms with E-state index in [9.17, 15) is 0 Å². The van der Waals surface area contributed by atoms with Crippen molar-refractivity contribution in [1.82, 2.24) is 0 Å². The van der Waals surface area contributed by atoms with Gasteiger partial charge in [0.05, 0.1) is 14.2 Å². The molecule has 0 aliphatic heterocycles. The van der Waals surface area contributed by atoms with E-state index in [0.717, 1.165) is 17.9 Å². The maximum Gasteiger partial charge on any atom is 0.126 e. The Morgan fingerprint density at radius 2 is 1.00 bits per heavy atom. The van der Waals surface area contributed by atoms with Crippen LogP contribution in [-0.4, -0.2) is 14.2 Å². The summed E-state index contributed by atoms with van der Waals surface area (Å²) in [5, 5.41) is 0. The predicted octanol–water partition coefficient (Wildman–Crippen LogP) is 9.37. The first-order chi connectivity index (χ1) is 17.2. The molecule has 0 N–H and O–H groups in total. The largest absolute Gasteiger partial charge is 0.496 e. The second-order valence-electron chi connectivity index (χ2n) is 9.74. The topological polar surface area (TPSA) is 18.5 Å². The molecule has 0 atom stereocenters. The highest BCUT2D eigenvalue weighted by atomic mass is 16.5. The summed E-state index contributed by atoms with van der Waals surface area (Å²) in [5.74, 6) is 1.95. The molecule has 0 unspecified atom stereocenters. The summed E-state index contributed by atoms with van der Waals surface area (Å²) in [5.41, 5.74) is 6.52. The van der Waals surface area contributed by atoms with Crippen LogP contribution in [-0.2, 0) is 12.8 Å². The van der Waals surface area contributed by atoms with Crippen LogP contribution < -0.4 is 9.47 Å². The van der Waals surface area contributed by atoms with Gasteiger partial charge in [0.15, 0.2) is 0 Å². The van der Waals surface area contributed by atoms with E-state index in [0.29, 0.717) is 0 Å². The van der Waals surface area contributed by atoms with Crippen LogP contribution in [0.25, 0.3) is 11.1 Å². The molecule has 3 rings (SSSR count). The molecule has 2 heteroatoms. The normalized spacial score (nSPS) is 10.9. The quantitative estimate of drug-likeness (QED) is 0.193. The Bertz CT molecular complexity index is 993. The van der Waals surface area contributed by atoms with Gasteiger partial charge in [-0.1, -0.05) is 99.9 Å². The first-order valence-electron chi connectivity index (χ1n) is 13.6. The zero-order valence-corrected chi connectivity index (χ0v) is 22.2. The second kappa shape index (κ2) is 15.3. The number of hydrogen-bond donors (Lipinski definition) is 0. The third-order valence-electron chi connectivity index (χ3n) is 6.99. The first kappa shape index (κ1) is 26.9. The lowest BCUT2D eigenvalue weighted by atomic mass is 9.98. The van der Waals surface area contributed by atoms with Crippen molar-refractivity contribution >= 4 is 0 Å². The minimum atomic E-state index is 0.954. The zero-order chi connectivity index (χ0) is 24.7. The molecule has 0 aliphatic carbocycles. The van der Waals surface area contributed by atoms with E-state index in [4.69, 9.17) is 9.47 Å². The average molecular weight is 473 g/mol. The van der Waals surface area contributed by atoms with Crippen LogP contribution in [0.1, 0.15) is 80.9 Å². The maximum atomic E-state index is 5.59. The maximum absolute atomic E-state index is 5.59. The number of rotatable bonds is 16. The van der Waals surface area contributed by atoms with E-state index >= 15 is 0 Å². The van der Waals surface area contributed by atoms with Gasteiger partial charge < -0.3 is 9.47 Å². The number of unbranched alkanes of at least 4 members (excludes halogenated alkanes) is 9. The molecule has 0 aromatic heterocycles. The third kappa shape index (κ3) is 9.09. The summed E-state index contributed by atoms with van der Waals surface area (Å²) in [6.07, 6.45) is 15.8. The fraction of sp³-hybridized carbons (Fsp3) is 0.455. The molecule has 0 amide bonds. The standard InChI is InChI=1S/C33H44O2/c1-27-25-28(21-23-32(27)34-2)17-13-10-8-6-4-5-7-9-11-14-18-29-22-24-33(35-3)31(26-29)30-19-15-12-16-20-30/h12,15-16,19-26H,4-11,13-14,17-18H2,1-3H3. The molecule has 0 fully saturated rings. The lowest BCUT2D eigenvalue weighted by Crippen LogP contribution is -1.92. The Kier molecular flexibility index (Phi) is 11.7. The lowest BCUT2D eigenvalue weighted by Gasteiger charge is -2.11. The number of aryl methyl sites for hydroxylation is 3. The van der Waals surface area contributed by atoms with E-state index in [1.165, 1.54) is 98.4 Å². The monoisotopic (exact) mass is 472 g/mol. The highest BCUT2D eigenvalue weighted by Gasteiger charge is 2.07. The molecule has 35 heavy (non-hydrogen) atoms. The van der Waals surface area contributed by atoms with Crippen LogP contribution in [0.3, 0.4) is 0 Å². The Hall–Kier alpha value is -2.74. The van der Waals surface area contributed by atoms with E-state index in [-0.39, 0.29) is 0 Å². The van der Waals surface area contributed by atoms with Gasteiger partial charge in [0.25, 0.3) is 0 Å². The molecule has 3 aromatic rings. The molecule has 0 radical (unpaired) electrons. The Balaban J connectivity index is 1.22. The minimum Gasteiger partial charge on any atom is -0.496 e. The molecule has 188 valence electrons. The third-order valence-corrected chi connectivity index (χ3v) is 6.99. The fourth-order valence-electron chi connectivity index (χ4n) is 4.92. The van der Waals surface area contributed by atoms with Gasteiger partial charge in [0.1, 0.15) is 11.5 Å². The molecule has 0 heterocycles. The van der Waals surface area contributed by atoms with Gasteiger partial charge in [0, 0.05) is 5.56 Å². The van der Waals surface area contributed by atoms with Gasteiger partial charge in [-0.2, -0.15) is 0 Å². The summed E-state index contributed by atoms with van der Waals surface area (Å²) in [6, 6.07) is 23.8. The van der Waals surface area contributed by atoms with Crippen LogP contribution in [0.15, 0.2) is 66.7 Å². The zero-order valence-electron chi connectivity index (χ0n) is 22.2. The second-order valence-corrected chi connectivity index (χ2v) is 9.74. The molecule has 0 spiro atoms. The van der Waals surface area contributed by atoms with Crippen molar-refractivity contribution in [2.75, 3.05) is 14.2 Å². The Morgan fingerprint density at radius 3 is 1.51 bits per heavy atom. The highest BCUT2D eigenvalue weighted by molar-refractivity contribution is 5.71. The summed E-state index contributed by atoms with van der Waals surface area (Å²) >= 11 is 0. The Labute approximate surface area is 213 Å². The predicted molar refractivity (Wildman–Crippen MR) is 150 cm³/mol. The number of hydrogen-bond acceptors (Lipinski definition) is 2. The highest BCUT2D eigenvalue weighted by Crippen LogP contribution is 2.31. The summed E-state index contributed by atoms with van der Waals surface area (Å²) in [7, 11) is 3.50. The smallest absolute Gasteiger partial charge is 0.126 e. The van der Waals surface area contributed by atoms with E-state index in [1.807, 2.05) is 0 Å². The number of benzene rings is 3. The van der Waals surface area contributed by atoms with Crippen molar-refractivity contribution in [3.63, 3.8) is 0 Å². The summed E-state index contributed by atoms with van der Waals surface area (Å²) in [4.78, 5) is 0. The van der Waals surface area contributed by atoms with Crippen LogP contribution in [0.4, 0.5) is 0 Å². The van der Waals surface area contributed by atoms with Gasteiger partial charge in [-0.25, -0.2) is 0 Å². The molecule has 3 aromatic carbocycles. The van der Waals surface area contributed by atoms with Crippen molar-refractivity contribution in [2.45, 2.75) is 84.0 Å². The molecular weight excluding hydrogens is 428 g/mol. The first-order valence-corrected chi connectivity index (χ1v) is 13.6. The number of ether oxygens (including phenoxy) is 2. The van der Waals surface area contributed by atoms with Crippen LogP contribution in [0.2, 0.25) is 0 Å². The average Bonchev–Trinajstić information content (AvgIpc) is 2.89. The van der Waals surface area contributed by atoms with Crippen molar-refractivity contribution in [1.29, 1.82) is 0 Å². The number of methoxy groups -OCH3 is 2. The fourth-order valence-corrected chi connectivity index (χ4v) is 4.92. The summed E-state index contributed by atoms with van der Waals surface area (Å²) < 4.78 is 10.9. The van der Waals surface area contributed by atoms with E-state index < -0.39 is 0 Å². The molecule has 0 aliphatic rings. The van der Waals surface area contributed by atoms with Gasteiger partial charge in [-0.3, -0.25) is 0 Å². The minimum absolute atomic E-state index is 0.954. The van der Waals surface area contributed by atoms with E-state index in [1.54, 1.807) is 14.2 Å². The van der Waals surface area contributed by atoms with Crippen LogP contribution in [0.5, 0.6) is 11.5 Å². The molecule has 0 saturated heterocycles. The van der Waals surface area contributed by atoms with Crippen LogP contribution in [0, 0.1) is 6.92 Å². The van der Waals surface area contributed by atoms with Crippen molar-refractivity contribution in [3.05, 3.63) is 83.4 Å². The van der Waals surface area contributed by atoms with Gasteiger partial charge in [-0.05, 0) is 73.1 Å². The van der Waals surface area contributed by atoms with E-state index in [2.05, 4.69) is 73.7 Å². The SMILES string of the molecule is COc1ccc(CCCCCCCCCCCCc2ccc(OC)c(-c3ccccc3)c2)cc1C. The van der Waals surface area contributed by atoms with Crippen LogP contribution >= 0.6 is 0 Å². The Morgan fingerprint density at radius 1 is 0.514 bits per heavy atom. The molecular formula is C33H44O2. The van der Waals surface area contributed by atoms with Gasteiger partial charge >= 0.3 is 0 Å². The van der Waals surface area contributed by atoms with Crippen molar-refractivity contribution in [3.8, 4) is 22.6 Å².